The molecule has 7 heteroatoms. The van der Waals surface area contributed by atoms with Gasteiger partial charge in [0.1, 0.15) is 5.76 Å². The zero-order valence-corrected chi connectivity index (χ0v) is 21.9. The molecule has 0 radical (unpaired) electrons. The first-order chi connectivity index (χ1) is 17.0. The zero-order valence-electron chi connectivity index (χ0n) is 20.4. The fraction of sp³-hybridized carbons (Fsp3) is 0.207. The Morgan fingerprint density at radius 3 is 2.31 bits per heavy atom. The average Bonchev–Trinajstić information content (AvgIpc) is 3.36. The second-order valence-corrected chi connectivity index (χ2v) is 11.5. The van der Waals surface area contributed by atoms with E-state index < -0.39 is 17.7 Å². The van der Waals surface area contributed by atoms with Crippen LogP contribution in [-0.4, -0.2) is 21.8 Å². The van der Waals surface area contributed by atoms with Gasteiger partial charge in [-0.25, -0.2) is 4.98 Å². The topological polar surface area (TPSA) is 70.5 Å². The van der Waals surface area contributed by atoms with E-state index in [1.54, 1.807) is 24.3 Å². The van der Waals surface area contributed by atoms with Crippen LogP contribution in [0.5, 0.6) is 0 Å². The van der Waals surface area contributed by atoms with E-state index in [1.165, 1.54) is 16.2 Å². The zero-order chi connectivity index (χ0) is 25.8. The molecule has 1 aliphatic rings. The molecule has 1 N–H and O–H groups in total. The first kappa shape index (κ1) is 24.2. The minimum absolute atomic E-state index is 0.0290. The fourth-order valence-corrected chi connectivity index (χ4v) is 5.61. The molecule has 1 amide bonds. The Balaban J connectivity index is 1.71. The minimum atomic E-state index is -0.823. The summed E-state index contributed by atoms with van der Waals surface area (Å²) in [5, 5.41) is 12.2. The van der Waals surface area contributed by atoms with Crippen LogP contribution >= 0.6 is 22.9 Å². The molecule has 1 saturated heterocycles. The van der Waals surface area contributed by atoms with Crippen molar-refractivity contribution in [3.05, 3.63) is 99.6 Å². The number of carbonyl (C=O) groups excluding carboxylic acids is 2. The lowest BCUT2D eigenvalue weighted by atomic mass is 9.85. The van der Waals surface area contributed by atoms with Gasteiger partial charge in [0, 0.05) is 10.6 Å². The Morgan fingerprint density at radius 1 is 1.00 bits per heavy atom. The highest BCUT2D eigenvalue weighted by Gasteiger charge is 2.48. The highest BCUT2D eigenvalue weighted by atomic mass is 35.5. The van der Waals surface area contributed by atoms with Crippen LogP contribution in [0.25, 0.3) is 16.0 Å². The first-order valence-corrected chi connectivity index (χ1v) is 12.8. The number of carbonyl (C=O) groups is 2. The summed E-state index contributed by atoms with van der Waals surface area (Å²) in [4.78, 5) is 32.9. The molecule has 0 aliphatic carbocycles. The number of aliphatic hydroxyl groups excluding tert-OH is 1. The van der Waals surface area contributed by atoms with Crippen LogP contribution in [0.1, 0.15) is 49.1 Å². The van der Waals surface area contributed by atoms with Crippen LogP contribution in [0.4, 0.5) is 5.13 Å². The number of hydrogen-bond acceptors (Lipinski definition) is 5. The van der Waals surface area contributed by atoms with Crippen molar-refractivity contribution >= 4 is 55.7 Å². The number of rotatable bonds is 3. The quantitative estimate of drug-likeness (QED) is 0.178. The second kappa shape index (κ2) is 8.87. The summed E-state index contributed by atoms with van der Waals surface area (Å²) in [6, 6.07) is 19.4. The predicted molar refractivity (Wildman–Crippen MR) is 146 cm³/mol. The number of amides is 1. The highest BCUT2D eigenvalue weighted by molar-refractivity contribution is 7.22. The van der Waals surface area contributed by atoms with Gasteiger partial charge in [-0.1, -0.05) is 74.0 Å². The summed E-state index contributed by atoms with van der Waals surface area (Å²) in [5.74, 6) is -1.71. The van der Waals surface area contributed by atoms with Gasteiger partial charge in [0.15, 0.2) is 5.13 Å². The van der Waals surface area contributed by atoms with Crippen molar-refractivity contribution < 1.29 is 14.7 Å². The molecule has 36 heavy (non-hydrogen) atoms. The number of halogens is 1. The van der Waals surface area contributed by atoms with E-state index in [0.717, 1.165) is 21.3 Å². The van der Waals surface area contributed by atoms with Gasteiger partial charge in [-0.3, -0.25) is 14.5 Å². The molecule has 3 aromatic carbocycles. The van der Waals surface area contributed by atoms with Gasteiger partial charge in [0.2, 0.25) is 0 Å². The normalized spacial score (nSPS) is 17.8. The molecule has 1 atom stereocenters. The molecule has 5 rings (SSSR count). The molecule has 0 saturated carbocycles. The number of fused-ring (bicyclic) bond motifs is 1. The third-order valence-corrected chi connectivity index (χ3v) is 7.66. The van der Waals surface area contributed by atoms with Gasteiger partial charge in [-0.15, -0.1) is 0 Å². The average molecular weight is 517 g/mol. The molecular formula is C29H25ClN2O3S. The van der Waals surface area contributed by atoms with Gasteiger partial charge >= 0.3 is 5.91 Å². The van der Waals surface area contributed by atoms with E-state index in [4.69, 9.17) is 11.6 Å². The first-order valence-electron chi connectivity index (χ1n) is 11.6. The maximum absolute atomic E-state index is 13.4. The molecule has 2 heterocycles. The predicted octanol–water partition coefficient (Wildman–Crippen LogP) is 7.18. The van der Waals surface area contributed by atoms with Gasteiger partial charge in [0.25, 0.3) is 5.78 Å². The van der Waals surface area contributed by atoms with Crippen LogP contribution in [-0.2, 0) is 15.0 Å². The summed E-state index contributed by atoms with van der Waals surface area (Å²) in [6.45, 7) is 8.36. The van der Waals surface area contributed by atoms with E-state index >= 15 is 0 Å². The number of hydrogen-bond donors (Lipinski definition) is 1. The van der Waals surface area contributed by atoms with Crippen LogP contribution in [0, 0.1) is 6.92 Å². The largest absolute Gasteiger partial charge is 0.507 e. The Morgan fingerprint density at radius 2 is 1.67 bits per heavy atom. The summed E-state index contributed by atoms with van der Waals surface area (Å²) >= 11 is 7.37. The van der Waals surface area contributed by atoms with Crippen molar-refractivity contribution in [3.63, 3.8) is 0 Å². The van der Waals surface area contributed by atoms with Crippen molar-refractivity contribution in [2.45, 2.75) is 39.2 Å². The molecule has 5 nitrogen and oxygen atoms in total. The minimum Gasteiger partial charge on any atom is -0.507 e. The van der Waals surface area contributed by atoms with Crippen molar-refractivity contribution in [1.29, 1.82) is 0 Å². The summed E-state index contributed by atoms with van der Waals surface area (Å²) in [7, 11) is 0. The van der Waals surface area contributed by atoms with E-state index in [2.05, 4.69) is 25.8 Å². The maximum Gasteiger partial charge on any atom is 0.301 e. The van der Waals surface area contributed by atoms with Crippen LogP contribution in [0.3, 0.4) is 0 Å². The molecule has 0 bridgehead atoms. The number of anilines is 1. The number of aryl methyl sites for hydroxylation is 1. The van der Waals surface area contributed by atoms with Crippen LogP contribution in [0.2, 0.25) is 5.02 Å². The Labute approximate surface area is 218 Å². The Kier molecular flexibility index (Phi) is 5.97. The van der Waals surface area contributed by atoms with Crippen molar-refractivity contribution in [2.24, 2.45) is 0 Å². The number of aliphatic hydroxyl groups is 1. The van der Waals surface area contributed by atoms with Crippen molar-refractivity contribution in [1.82, 2.24) is 4.98 Å². The molecule has 0 spiro atoms. The molecule has 1 fully saturated rings. The Hall–Kier alpha value is -3.48. The van der Waals surface area contributed by atoms with E-state index in [1.807, 2.05) is 49.4 Å². The monoisotopic (exact) mass is 516 g/mol. The van der Waals surface area contributed by atoms with Gasteiger partial charge in [0.05, 0.1) is 21.8 Å². The SMILES string of the molecule is Cc1ccc2nc(N3C(=O)C(=O)/C(=C(/O)c4ccc(Cl)cc4)[C@H]3c3ccc(C(C)(C)C)cc3)sc2c1. The van der Waals surface area contributed by atoms with E-state index in [9.17, 15) is 14.7 Å². The lowest BCUT2D eigenvalue weighted by Gasteiger charge is -2.24. The van der Waals surface area contributed by atoms with E-state index in [-0.39, 0.29) is 16.7 Å². The number of aromatic nitrogens is 1. The molecule has 1 aliphatic heterocycles. The number of Topliss-reactive ketones (excluding diaryl/α,β-unsaturated/α-hetero) is 1. The number of thiazole rings is 1. The lowest BCUT2D eigenvalue weighted by molar-refractivity contribution is -0.132. The maximum atomic E-state index is 13.4. The van der Waals surface area contributed by atoms with Gasteiger partial charge in [-0.2, -0.15) is 0 Å². The fourth-order valence-electron chi connectivity index (χ4n) is 4.40. The van der Waals surface area contributed by atoms with Crippen molar-refractivity contribution in [2.75, 3.05) is 4.90 Å². The number of ketones is 1. The number of benzene rings is 3. The molecular weight excluding hydrogens is 492 g/mol. The molecule has 0 unspecified atom stereocenters. The third-order valence-electron chi connectivity index (χ3n) is 6.39. The smallest absolute Gasteiger partial charge is 0.301 e. The summed E-state index contributed by atoms with van der Waals surface area (Å²) < 4.78 is 0.923. The van der Waals surface area contributed by atoms with E-state index in [0.29, 0.717) is 21.3 Å². The highest BCUT2D eigenvalue weighted by Crippen LogP contribution is 2.44. The standard InChI is InChI=1S/C29H25ClN2O3S/c1-16-5-14-21-22(15-16)36-28(31-21)32-24(17-6-10-19(11-7-17)29(2,3)4)23(26(34)27(32)35)25(33)18-8-12-20(30)13-9-18/h5-15,24,33H,1-4H3/b25-23+/t24-/m1/s1. The lowest BCUT2D eigenvalue weighted by Crippen LogP contribution is -2.29. The molecule has 4 aromatic rings. The summed E-state index contributed by atoms with van der Waals surface area (Å²) in [6.07, 6.45) is 0. The van der Waals surface area contributed by atoms with Gasteiger partial charge in [-0.05, 0) is 65.4 Å². The molecule has 1 aromatic heterocycles. The third kappa shape index (κ3) is 4.21. The van der Waals surface area contributed by atoms with Gasteiger partial charge < -0.3 is 5.11 Å². The molecule has 182 valence electrons. The van der Waals surface area contributed by atoms with Crippen molar-refractivity contribution in [3.8, 4) is 0 Å². The number of nitrogens with zero attached hydrogens (tertiary/aromatic N) is 2. The van der Waals surface area contributed by atoms with Crippen LogP contribution in [0.15, 0.2) is 72.3 Å². The second-order valence-electron chi connectivity index (χ2n) is 10.0. The van der Waals surface area contributed by atoms with Crippen LogP contribution < -0.4 is 4.90 Å². The summed E-state index contributed by atoms with van der Waals surface area (Å²) in [5.41, 5.74) is 4.05. The Bertz CT molecular complexity index is 1530.